The Balaban J connectivity index is 1.52. The predicted octanol–water partition coefficient (Wildman–Crippen LogP) is 4.57. The number of ether oxygens (including phenoxy) is 4. The Bertz CT molecular complexity index is 1850. The highest BCUT2D eigenvalue weighted by atomic mass is 16.5. The zero-order valence-corrected chi connectivity index (χ0v) is 19.7. The zero-order chi connectivity index (χ0) is 25.0. The van der Waals surface area contributed by atoms with Crippen LogP contribution >= 0.6 is 0 Å². The van der Waals surface area contributed by atoms with Crippen LogP contribution in [0, 0.1) is 0 Å². The molecule has 2 aromatic carbocycles. The van der Waals surface area contributed by atoms with Crippen LogP contribution in [0.25, 0.3) is 38.1 Å². The third-order valence-corrected chi connectivity index (χ3v) is 6.29. The highest BCUT2D eigenvalue weighted by Crippen LogP contribution is 2.39. The predicted molar refractivity (Wildman–Crippen MR) is 133 cm³/mol. The molecule has 0 N–H and O–H groups in total. The van der Waals surface area contributed by atoms with E-state index < -0.39 is 5.97 Å². The van der Waals surface area contributed by atoms with Gasteiger partial charge in [0.2, 0.25) is 5.76 Å². The second kappa shape index (κ2) is 8.16. The van der Waals surface area contributed by atoms with E-state index in [0.717, 1.165) is 21.8 Å². The number of carbonyl (C=O) groups is 1. The van der Waals surface area contributed by atoms with Gasteiger partial charge in [0.05, 0.1) is 43.3 Å². The lowest BCUT2D eigenvalue weighted by molar-refractivity contribution is 0.0561. The van der Waals surface area contributed by atoms with Crippen LogP contribution in [-0.2, 0) is 11.3 Å². The second-order valence-electron chi connectivity index (χ2n) is 8.15. The lowest BCUT2D eigenvalue weighted by atomic mass is 10.1. The number of nitrogens with zero attached hydrogens (tertiary/aromatic N) is 2. The lowest BCUT2D eigenvalue weighted by Gasteiger charge is -2.12. The van der Waals surface area contributed by atoms with Crippen LogP contribution in [0.1, 0.15) is 16.3 Å². The van der Waals surface area contributed by atoms with Crippen molar-refractivity contribution in [3.05, 3.63) is 76.6 Å². The second-order valence-corrected chi connectivity index (χ2v) is 8.15. The Hall–Kier alpha value is -4.79. The largest absolute Gasteiger partial charge is 0.493 e. The van der Waals surface area contributed by atoms with Crippen LogP contribution < -0.4 is 19.8 Å². The summed E-state index contributed by atoms with van der Waals surface area (Å²) >= 11 is 0. The molecule has 0 atom stereocenters. The molecule has 180 valence electrons. The average Bonchev–Trinajstić information content (AvgIpc) is 3.52. The van der Waals surface area contributed by atoms with Gasteiger partial charge in [0.25, 0.3) is 5.56 Å². The number of pyridine rings is 2. The minimum absolute atomic E-state index is 0.109. The summed E-state index contributed by atoms with van der Waals surface area (Å²) < 4.78 is 28.7. The highest BCUT2D eigenvalue weighted by Gasteiger charge is 2.22. The van der Waals surface area contributed by atoms with Crippen LogP contribution in [0.15, 0.2) is 63.9 Å². The van der Waals surface area contributed by atoms with Gasteiger partial charge in [0.1, 0.15) is 18.1 Å². The number of methoxy groups -OCH3 is 3. The summed E-state index contributed by atoms with van der Waals surface area (Å²) in [6.45, 7) is 0.120. The molecule has 4 aromatic heterocycles. The molecule has 0 radical (unpaired) electrons. The summed E-state index contributed by atoms with van der Waals surface area (Å²) in [5, 5.41) is 2.81. The Labute approximate surface area is 203 Å². The Morgan fingerprint density at radius 3 is 2.61 bits per heavy atom. The van der Waals surface area contributed by atoms with E-state index in [9.17, 15) is 9.59 Å². The fourth-order valence-electron chi connectivity index (χ4n) is 4.71. The maximum absolute atomic E-state index is 13.8. The quantitative estimate of drug-likeness (QED) is 0.250. The number of fused-ring (bicyclic) bond motifs is 5. The standard InChI is InChI=1S/C27H20N2O7/c1-32-20-9-6-17-22(25(20)33-2)26(30)29-19-7-4-14(12-18(19)16-10-11-28-23(17)24(16)29)35-13-15-5-8-21(36-15)27(31)34-3/h4-12H,13H2,1-3H3. The molecular formula is C27H20N2O7. The van der Waals surface area contributed by atoms with E-state index in [2.05, 4.69) is 9.72 Å². The fourth-order valence-corrected chi connectivity index (χ4v) is 4.71. The van der Waals surface area contributed by atoms with Gasteiger partial charge < -0.3 is 23.4 Å². The number of benzene rings is 2. The van der Waals surface area contributed by atoms with Gasteiger partial charge in [-0.15, -0.1) is 0 Å². The smallest absolute Gasteiger partial charge is 0.373 e. The van der Waals surface area contributed by atoms with E-state index in [1.165, 1.54) is 27.4 Å². The molecule has 0 spiro atoms. The number of hydrogen-bond acceptors (Lipinski definition) is 8. The van der Waals surface area contributed by atoms with Gasteiger partial charge in [-0.25, -0.2) is 4.79 Å². The molecular weight excluding hydrogens is 464 g/mol. The van der Waals surface area contributed by atoms with Crippen LogP contribution in [0.4, 0.5) is 0 Å². The van der Waals surface area contributed by atoms with Crippen molar-refractivity contribution in [2.75, 3.05) is 21.3 Å². The molecule has 0 saturated heterocycles. The minimum Gasteiger partial charge on any atom is -0.493 e. The molecule has 0 bridgehead atoms. The topological polar surface area (TPSA) is 102 Å². The van der Waals surface area contributed by atoms with Gasteiger partial charge >= 0.3 is 5.97 Å². The van der Waals surface area contributed by atoms with Crippen molar-refractivity contribution in [1.29, 1.82) is 0 Å². The summed E-state index contributed by atoms with van der Waals surface area (Å²) in [6.07, 6.45) is 1.72. The van der Waals surface area contributed by atoms with Crippen molar-refractivity contribution in [3.8, 4) is 17.2 Å². The Kier molecular flexibility index (Phi) is 4.92. The number of furan rings is 1. The van der Waals surface area contributed by atoms with E-state index in [1.54, 1.807) is 28.8 Å². The van der Waals surface area contributed by atoms with E-state index >= 15 is 0 Å². The zero-order valence-electron chi connectivity index (χ0n) is 19.7. The van der Waals surface area contributed by atoms with Gasteiger partial charge in [0, 0.05) is 22.4 Å². The summed E-state index contributed by atoms with van der Waals surface area (Å²) in [6, 6.07) is 14.2. The highest BCUT2D eigenvalue weighted by molar-refractivity contribution is 6.19. The van der Waals surface area contributed by atoms with Gasteiger partial charge in [-0.1, -0.05) is 0 Å². The summed E-state index contributed by atoms with van der Waals surface area (Å²) in [7, 11) is 4.34. The van der Waals surface area contributed by atoms with Crippen molar-refractivity contribution >= 4 is 44.1 Å². The molecule has 4 heterocycles. The normalized spacial score (nSPS) is 11.5. The van der Waals surface area contributed by atoms with Gasteiger partial charge in [0.15, 0.2) is 11.5 Å². The molecule has 0 amide bonds. The van der Waals surface area contributed by atoms with Gasteiger partial charge in [-0.2, -0.15) is 0 Å². The van der Waals surface area contributed by atoms with Crippen LogP contribution in [-0.4, -0.2) is 36.7 Å². The summed E-state index contributed by atoms with van der Waals surface area (Å²) in [5.74, 6) is 1.47. The molecule has 0 unspecified atom stereocenters. The maximum atomic E-state index is 13.8. The molecule has 9 heteroatoms. The van der Waals surface area contributed by atoms with Crippen LogP contribution in [0.2, 0.25) is 0 Å². The molecule has 36 heavy (non-hydrogen) atoms. The Morgan fingerprint density at radius 2 is 1.83 bits per heavy atom. The van der Waals surface area contributed by atoms with E-state index in [1.807, 2.05) is 24.3 Å². The van der Waals surface area contributed by atoms with Crippen molar-refractivity contribution < 1.29 is 28.2 Å². The van der Waals surface area contributed by atoms with Gasteiger partial charge in [-0.3, -0.25) is 14.2 Å². The molecule has 0 aliphatic heterocycles. The maximum Gasteiger partial charge on any atom is 0.373 e. The van der Waals surface area contributed by atoms with Crippen molar-refractivity contribution in [3.63, 3.8) is 0 Å². The van der Waals surface area contributed by atoms with Crippen LogP contribution in [0.3, 0.4) is 0 Å². The van der Waals surface area contributed by atoms with E-state index in [4.69, 9.17) is 18.6 Å². The van der Waals surface area contributed by atoms with Gasteiger partial charge in [-0.05, 0) is 48.5 Å². The molecule has 9 nitrogen and oxygen atoms in total. The van der Waals surface area contributed by atoms with E-state index in [-0.39, 0.29) is 17.9 Å². The minimum atomic E-state index is -0.551. The van der Waals surface area contributed by atoms with Crippen molar-refractivity contribution in [2.24, 2.45) is 0 Å². The number of carbonyl (C=O) groups excluding carboxylic acids is 1. The SMILES string of the molecule is COC(=O)c1ccc(COc2ccc3c(c2)c2ccnc4c5ccc(OC)c(OC)c5c(=O)n3c24)o1. The number of esters is 1. The molecule has 0 saturated carbocycles. The monoisotopic (exact) mass is 484 g/mol. The first-order valence-corrected chi connectivity index (χ1v) is 11.1. The first-order chi connectivity index (χ1) is 17.5. The molecule has 0 aliphatic rings. The van der Waals surface area contributed by atoms with Crippen LogP contribution in [0.5, 0.6) is 17.2 Å². The molecule has 0 fully saturated rings. The average molecular weight is 484 g/mol. The Morgan fingerprint density at radius 1 is 0.972 bits per heavy atom. The number of aromatic nitrogens is 2. The molecule has 6 rings (SSSR count). The fraction of sp³-hybridized carbons (Fsp3) is 0.148. The molecule has 0 aliphatic carbocycles. The summed E-state index contributed by atoms with van der Waals surface area (Å²) in [4.78, 5) is 30.0. The first-order valence-electron chi connectivity index (χ1n) is 11.1. The lowest BCUT2D eigenvalue weighted by Crippen LogP contribution is -2.14. The van der Waals surface area contributed by atoms with Crippen molar-refractivity contribution in [1.82, 2.24) is 9.38 Å². The third-order valence-electron chi connectivity index (χ3n) is 6.29. The number of hydrogen-bond donors (Lipinski definition) is 0. The summed E-state index contributed by atoms with van der Waals surface area (Å²) in [5.41, 5.74) is 1.91. The first kappa shape index (κ1) is 21.7. The third kappa shape index (κ3) is 3.06. The van der Waals surface area contributed by atoms with Crippen molar-refractivity contribution in [2.45, 2.75) is 6.61 Å². The number of rotatable bonds is 6. The van der Waals surface area contributed by atoms with E-state index in [0.29, 0.717) is 39.3 Å². The molecule has 6 aromatic rings.